The number of halogens is 1. The van der Waals surface area contributed by atoms with Gasteiger partial charge in [-0.1, -0.05) is 23.7 Å². The van der Waals surface area contributed by atoms with Crippen LogP contribution in [0.15, 0.2) is 39.9 Å². The van der Waals surface area contributed by atoms with Crippen molar-refractivity contribution in [2.24, 2.45) is 12.8 Å². The minimum atomic E-state index is -0.793. The van der Waals surface area contributed by atoms with Gasteiger partial charge in [-0.3, -0.25) is 18.7 Å². The zero-order valence-corrected chi connectivity index (χ0v) is 17.9. The number of benzene rings is 1. The Morgan fingerprint density at radius 2 is 1.90 bits per heavy atom. The summed E-state index contributed by atoms with van der Waals surface area (Å²) in [5.41, 5.74) is 6.67. The van der Waals surface area contributed by atoms with Crippen molar-refractivity contribution < 1.29 is 4.79 Å². The second-order valence-corrected chi connectivity index (χ2v) is 7.77. The normalized spacial score (nSPS) is 11.4. The maximum atomic E-state index is 13.3. The van der Waals surface area contributed by atoms with Gasteiger partial charge >= 0.3 is 5.69 Å². The molecule has 0 aliphatic heterocycles. The van der Waals surface area contributed by atoms with Crippen molar-refractivity contribution in [3.05, 3.63) is 73.1 Å². The molecule has 0 radical (unpaired) electrons. The topological polar surface area (TPSA) is 123 Å². The summed E-state index contributed by atoms with van der Waals surface area (Å²) in [6, 6.07) is 9.09. The van der Waals surface area contributed by atoms with Gasteiger partial charge in [0.1, 0.15) is 6.54 Å². The SMILES string of the molecule is Cc1cc(C)n(-c2nc3c(c(=O)n(CC(N)=O)c(=O)n3C)n2Cc2cccc(Cl)c2)n1. The zero-order valence-electron chi connectivity index (χ0n) is 17.2. The van der Waals surface area contributed by atoms with Crippen molar-refractivity contribution in [3.8, 4) is 5.95 Å². The second kappa shape index (κ2) is 7.55. The summed E-state index contributed by atoms with van der Waals surface area (Å²) < 4.78 is 5.32. The lowest BCUT2D eigenvalue weighted by Gasteiger charge is -2.11. The van der Waals surface area contributed by atoms with Crippen molar-refractivity contribution in [1.29, 1.82) is 0 Å². The van der Waals surface area contributed by atoms with Crippen LogP contribution in [0.25, 0.3) is 17.1 Å². The number of aromatic nitrogens is 6. The number of hydrogen-bond acceptors (Lipinski definition) is 5. The molecule has 0 aliphatic rings. The number of fused-ring (bicyclic) bond motifs is 1. The molecule has 10 nitrogen and oxygen atoms in total. The van der Waals surface area contributed by atoms with Gasteiger partial charge in [-0.2, -0.15) is 10.1 Å². The molecule has 1 aromatic carbocycles. The van der Waals surface area contributed by atoms with Crippen LogP contribution < -0.4 is 17.0 Å². The van der Waals surface area contributed by atoms with Crippen LogP contribution in [0.3, 0.4) is 0 Å². The lowest BCUT2D eigenvalue weighted by atomic mass is 10.2. The minimum Gasteiger partial charge on any atom is -0.368 e. The molecule has 1 amide bonds. The van der Waals surface area contributed by atoms with Crippen molar-refractivity contribution in [2.75, 3.05) is 0 Å². The summed E-state index contributed by atoms with van der Waals surface area (Å²) in [5, 5.41) is 5.03. The summed E-state index contributed by atoms with van der Waals surface area (Å²) >= 11 is 6.14. The summed E-state index contributed by atoms with van der Waals surface area (Å²) in [5.74, 6) is -0.428. The number of primary amides is 1. The van der Waals surface area contributed by atoms with Crippen LogP contribution in [0.1, 0.15) is 17.0 Å². The molecule has 0 spiro atoms. The highest BCUT2D eigenvalue weighted by atomic mass is 35.5. The van der Waals surface area contributed by atoms with Gasteiger partial charge in [-0.05, 0) is 37.6 Å². The van der Waals surface area contributed by atoms with Gasteiger partial charge < -0.3 is 5.73 Å². The predicted molar refractivity (Wildman–Crippen MR) is 116 cm³/mol. The number of nitrogens with two attached hydrogens (primary N) is 1. The number of hydrogen-bond donors (Lipinski definition) is 1. The maximum absolute atomic E-state index is 13.3. The van der Waals surface area contributed by atoms with Gasteiger partial charge in [0.25, 0.3) is 5.56 Å². The number of amides is 1. The Bertz CT molecular complexity index is 1460. The first-order valence-corrected chi connectivity index (χ1v) is 9.81. The molecule has 0 atom stereocenters. The molecule has 0 aliphatic carbocycles. The quantitative estimate of drug-likeness (QED) is 0.492. The van der Waals surface area contributed by atoms with E-state index in [1.807, 2.05) is 26.0 Å². The Hall–Kier alpha value is -3.66. The first-order chi connectivity index (χ1) is 14.7. The van der Waals surface area contributed by atoms with E-state index < -0.39 is 23.7 Å². The third-order valence-corrected chi connectivity index (χ3v) is 5.19. The third-order valence-electron chi connectivity index (χ3n) is 4.96. The van der Waals surface area contributed by atoms with E-state index in [4.69, 9.17) is 17.3 Å². The summed E-state index contributed by atoms with van der Waals surface area (Å²) in [6.45, 7) is 3.43. The fraction of sp³-hybridized carbons (Fsp3) is 0.250. The molecule has 4 aromatic rings. The van der Waals surface area contributed by atoms with Crippen molar-refractivity contribution in [2.45, 2.75) is 26.9 Å². The van der Waals surface area contributed by atoms with Crippen LogP contribution in [-0.4, -0.2) is 34.4 Å². The standard InChI is InChI=1S/C20H20ClN7O3/c1-11-7-12(2)28(24-11)19-23-17-16(26(19)9-13-5-4-6-14(21)8-13)18(30)27(10-15(22)29)20(31)25(17)3/h4-8H,9-10H2,1-3H3,(H2,22,29). The van der Waals surface area contributed by atoms with E-state index in [2.05, 4.69) is 10.1 Å². The van der Waals surface area contributed by atoms with Crippen LogP contribution >= 0.6 is 11.6 Å². The molecule has 0 fully saturated rings. The Morgan fingerprint density at radius 1 is 1.16 bits per heavy atom. The van der Waals surface area contributed by atoms with E-state index in [9.17, 15) is 14.4 Å². The highest BCUT2D eigenvalue weighted by Crippen LogP contribution is 2.20. The molecule has 31 heavy (non-hydrogen) atoms. The molecule has 0 saturated heterocycles. The first-order valence-electron chi connectivity index (χ1n) is 9.44. The third kappa shape index (κ3) is 3.55. The number of imidazole rings is 1. The summed E-state index contributed by atoms with van der Waals surface area (Å²) in [6.07, 6.45) is 0. The van der Waals surface area contributed by atoms with Crippen LogP contribution in [0.5, 0.6) is 0 Å². The number of carbonyl (C=O) groups excluding carboxylic acids is 1. The van der Waals surface area contributed by atoms with Gasteiger partial charge in [0.05, 0.1) is 12.2 Å². The van der Waals surface area contributed by atoms with E-state index in [1.54, 1.807) is 27.4 Å². The van der Waals surface area contributed by atoms with E-state index in [1.165, 1.54) is 11.6 Å². The van der Waals surface area contributed by atoms with E-state index in [0.717, 1.165) is 21.5 Å². The summed E-state index contributed by atoms with van der Waals surface area (Å²) in [4.78, 5) is 42.0. The zero-order chi connectivity index (χ0) is 22.4. The molecule has 0 bridgehead atoms. The highest BCUT2D eigenvalue weighted by Gasteiger charge is 2.23. The monoisotopic (exact) mass is 441 g/mol. The molecular formula is C20H20ClN7O3. The minimum absolute atomic E-state index is 0.158. The molecule has 11 heteroatoms. The number of aryl methyl sites for hydroxylation is 3. The lowest BCUT2D eigenvalue weighted by Crippen LogP contribution is -2.42. The van der Waals surface area contributed by atoms with Gasteiger partial charge in [-0.15, -0.1) is 0 Å². The number of nitrogens with zero attached hydrogens (tertiary/aromatic N) is 6. The van der Waals surface area contributed by atoms with E-state index in [-0.39, 0.29) is 17.7 Å². The molecule has 2 N–H and O–H groups in total. The molecule has 3 aromatic heterocycles. The van der Waals surface area contributed by atoms with Gasteiger partial charge in [0.15, 0.2) is 11.2 Å². The van der Waals surface area contributed by atoms with Gasteiger partial charge in [0.2, 0.25) is 11.9 Å². The average Bonchev–Trinajstić information content (AvgIpc) is 3.23. The van der Waals surface area contributed by atoms with Crippen LogP contribution in [0.2, 0.25) is 5.02 Å². The van der Waals surface area contributed by atoms with Crippen molar-refractivity contribution in [3.63, 3.8) is 0 Å². The molecule has 160 valence electrons. The van der Waals surface area contributed by atoms with Gasteiger partial charge in [-0.25, -0.2) is 14.0 Å². The maximum Gasteiger partial charge on any atom is 0.332 e. The molecule has 4 rings (SSSR count). The number of carbonyl (C=O) groups is 1. The Balaban J connectivity index is 2.09. The van der Waals surface area contributed by atoms with Crippen molar-refractivity contribution in [1.82, 2.24) is 28.5 Å². The first kappa shape index (κ1) is 20.6. The molecular weight excluding hydrogens is 422 g/mol. The Morgan fingerprint density at radius 3 is 2.52 bits per heavy atom. The van der Waals surface area contributed by atoms with E-state index >= 15 is 0 Å². The smallest absolute Gasteiger partial charge is 0.332 e. The van der Waals surface area contributed by atoms with Crippen LogP contribution in [0, 0.1) is 13.8 Å². The molecule has 3 heterocycles. The summed E-state index contributed by atoms with van der Waals surface area (Å²) in [7, 11) is 1.49. The average molecular weight is 442 g/mol. The Kier molecular flexibility index (Phi) is 5.02. The predicted octanol–water partition coefficient (Wildman–Crippen LogP) is 0.886. The van der Waals surface area contributed by atoms with Gasteiger partial charge in [0, 0.05) is 17.8 Å². The van der Waals surface area contributed by atoms with Crippen LogP contribution in [-0.2, 0) is 24.9 Å². The van der Waals surface area contributed by atoms with Crippen molar-refractivity contribution >= 4 is 28.7 Å². The fourth-order valence-electron chi connectivity index (χ4n) is 3.62. The number of rotatable bonds is 5. The second-order valence-electron chi connectivity index (χ2n) is 7.34. The fourth-order valence-corrected chi connectivity index (χ4v) is 3.83. The van der Waals surface area contributed by atoms with E-state index in [0.29, 0.717) is 11.0 Å². The Labute approximate surface area is 181 Å². The largest absolute Gasteiger partial charge is 0.368 e. The molecule has 0 saturated carbocycles. The highest BCUT2D eigenvalue weighted by molar-refractivity contribution is 6.30. The van der Waals surface area contributed by atoms with Crippen LogP contribution in [0.4, 0.5) is 0 Å². The lowest BCUT2D eigenvalue weighted by molar-refractivity contribution is -0.118. The molecule has 0 unspecified atom stereocenters.